The van der Waals surface area contributed by atoms with Gasteiger partial charge < -0.3 is 14.9 Å². The molecular formula is C23H18F2N2O3. The van der Waals surface area contributed by atoms with Gasteiger partial charge in [-0.1, -0.05) is 18.2 Å². The number of nitrogens with zero attached hydrogens (tertiary/aromatic N) is 1. The van der Waals surface area contributed by atoms with Crippen molar-refractivity contribution in [2.24, 2.45) is 5.73 Å². The molecule has 0 aliphatic carbocycles. The molecule has 4 aromatic rings. The Morgan fingerprint density at radius 3 is 2.67 bits per heavy atom. The molecule has 5 nitrogen and oxygen atoms in total. The number of ether oxygens (including phenoxy) is 1. The second-order valence-electron chi connectivity index (χ2n) is 6.81. The molecule has 0 saturated carbocycles. The van der Waals surface area contributed by atoms with Crippen LogP contribution in [0.1, 0.15) is 22.3 Å². The summed E-state index contributed by atoms with van der Waals surface area (Å²) in [6, 6.07) is 12.5. The van der Waals surface area contributed by atoms with Crippen molar-refractivity contribution in [3.8, 4) is 11.6 Å². The predicted molar refractivity (Wildman–Crippen MR) is 109 cm³/mol. The van der Waals surface area contributed by atoms with Crippen molar-refractivity contribution < 1.29 is 17.9 Å². The topological polar surface area (TPSA) is 78.4 Å². The second kappa shape index (κ2) is 8.04. The van der Waals surface area contributed by atoms with Crippen LogP contribution in [-0.4, -0.2) is 4.98 Å². The third-order valence-corrected chi connectivity index (χ3v) is 4.94. The van der Waals surface area contributed by atoms with E-state index in [0.717, 1.165) is 0 Å². The monoisotopic (exact) mass is 408 g/mol. The largest absolute Gasteiger partial charge is 0.436 e. The van der Waals surface area contributed by atoms with Crippen LogP contribution in [0, 0.1) is 18.6 Å². The van der Waals surface area contributed by atoms with Crippen molar-refractivity contribution in [1.82, 2.24) is 4.98 Å². The molecule has 0 bridgehead atoms. The highest BCUT2D eigenvalue weighted by Gasteiger charge is 2.16. The first-order chi connectivity index (χ1) is 14.5. The van der Waals surface area contributed by atoms with Gasteiger partial charge in [-0.05, 0) is 42.3 Å². The summed E-state index contributed by atoms with van der Waals surface area (Å²) in [4.78, 5) is 16.5. The van der Waals surface area contributed by atoms with Crippen molar-refractivity contribution in [1.29, 1.82) is 0 Å². The van der Waals surface area contributed by atoms with Gasteiger partial charge in [-0.15, -0.1) is 0 Å². The molecule has 0 saturated heterocycles. The maximum Gasteiger partial charge on any atom is 0.340 e. The van der Waals surface area contributed by atoms with E-state index >= 15 is 0 Å². The molecule has 2 N–H and O–H groups in total. The van der Waals surface area contributed by atoms with Crippen LogP contribution in [-0.2, 0) is 13.0 Å². The summed E-state index contributed by atoms with van der Waals surface area (Å²) in [5, 5.41) is 0.675. The number of halogens is 2. The molecule has 0 aliphatic heterocycles. The van der Waals surface area contributed by atoms with Gasteiger partial charge in [-0.3, -0.25) is 0 Å². The van der Waals surface area contributed by atoms with Crippen molar-refractivity contribution in [2.45, 2.75) is 19.9 Å². The molecule has 2 heterocycles. The molecule has 30 heavy (non-hydrogen) atoms. The van der Waals surface area contributed by atoms with E-state index in [9.17, 15) is 13.6 Å². The third-order valence-electron chi connectivity index (χ3n) is 4.94. The fourth-order valence-corrected chi connectivity index (χ4v) is 3.32. The minimum absolute atomic E-state index is 0.0740. The van der Waals surface area contributed by atoms with Gasteiger partial charge in [0.1, 0.15) is 17.1 Å². The van der Waals surface area contributed by atoms with E-state index in [1.807, 2.05) is 0 Å². The summed E-state index contributed by atoms with van der Waals surface area (Å²) < 4.78 is 39.2. The lowest BCUT2D eigenvalue weighted by Crippen LogP contribution is -2.12. The van der Waals surface area contributed by atoms with Crippen LogP contribution >= 0.6 is 0 Å². The fourth-order valence-electron chi connectivity index (χ4n) is 3.32. The van der Waals surface area contributed by atoms with Crippen LogP contribution < -0.4 is 16.1 Å². The smallest absolute Gasteiger partial charge is 0.340 e. The van der Waals surface area contributed by atoms with E-state index < -0.39 is 17.3 Å². The number of rotatable bonds is 5. The summed E-state index contributed by atoms with van der Waals surface area (Å²) in [5.41, 5.74) is 7.08. The van der Waals surface area contributed by atoms with Crippen LogP contribution in [0.4, 0.5) is 8.78 Å². The van der Waals surface area contributed by atoms with E-state index in [0.29, 0.717) is 27.6 Å². The van der Waals surface area contributed by atoms with Gasteiger partial charge in [0, 0.05) is 41.7 Å². The van der Waals surface area contributed by atoms with Gasteiger partial charge in [0.15, 0.2) is 5.82 Å². The first kappa shape index (κ1) is 19.7. The van der Waals surface area contributed by atoms with E-state index in [1.54, 1.807) is 37.3 Å². The second-order valence-corrected chi connectivity index (χ2v) is 6.81. The normalized spacial score (nSPS) is 11.1. The predicted octanol–water partition coefficient (Wildman–Crippen LogP) is 4.62. The fraction of sp³-hybridized carbons (Fsp3) is 0.130. The minimum atomic E-state index is -0.604. The molecular weight excluding hydrogens is 390 g/mol. The Bertz CT molecular complexity index is 1300. The zero-order valence-corrected chi connectivity index (χ0v) is 16.1. The number of aromatic nitrogens is 1. The zero-order chi connectivity index (χ0) is 21.3. The molecule has 0 amide bonds. The highest BCUT2D eigenvalue weighted by Crippen LogP contribution is 2.28. The SMILES string of the molecule is Cc1c(Cc2cccc(CN)c2F)c(=O)oc2cc(Oc3ncccc3F)ccc12. The Balaban J connectivity index is 1.72. The average Bonchev–Trinajstić information content (AvgIpc) is 2.73. The number of pyridine rings is 1. The van der Waals surface area contributed by atoms with Crippen LogP contribution in [0.2, 0.25) is 0 Å². The van der Waals surface area contributed by atoms with Crippen LogP contribution in [0.3, 0.4) is 0 Å². The van der Waals surface area contributed by atoms with Crippen molar-refractivity contribution in [3.05, 3.63) is 99.0 Å². The third kappa shape index (κ3) is 3.67. The summed E-state index contributed by atoms with van der Waals surface area (Å²) in [7, 11) is 0. The molecule has 4 rings (SSSR count). The van der Waals surface area contributed by atoms with E-state index in [2.05, 4.69) is 4.98 Å². The Labute approximate surface area is 170 Å². The van der Waals surface area contributed by atoms with E-state index in [1.165, 1.54) is 24.4 Å². The molecule has 0 atom stereocenters. The number of fused-ring (bicyclic) bond motifs is 1. The van der Waals surface area contributed by atoms with Gasteiger partial charge in [-0.25, -0.2) is 18.6 Å². The molecule has 0 radical (unpaired) electrons. The minimum Gasteiger partial charge on any atom is -0.436 e. The number of aryl methyl sites for hydroxylation is 1. The number of hydrogen-bond acceptors (Lipinski definition) is 5. The lowest BCUT2D eigenvalue weighted by Gasteiger charge is -2.11. The van der Waals surface area contributed by atoms with Gasteiger partial charge in [0.2, 0.25) is 0 Å². The number of nitrogens with two attached hydrogens (primary N) is 1. The van der Waals surface area contributed by atoms with Crippen molar-refractivity contribution in [2.75, 3.05) is 0 Å². The highest BCUT2D eigenvalue weighted by molar-refractivity contribution is 5.82. The summed E-state index contributed by atoms with van der Waals surface area (Å²) in [6.45, 7) is 1.85. The van der Waals surface area contributed by atoms with Crippen LogP contribution in [0.25, 0.3) is 11.0 Å². The lowest BCUT2D eigenvalue weighted by atomic mass is 9.98. The highest BCUT2D eigenvalue weighted by atomic mass is 19.1. The number of hydrogen-bond donors (Lipinski definition) is 1. The molecule has 7 heteroatoms. The summed E-state index contributed by atoms with van der Waals surface area (Å²) in [5.74, 6) is -0.924. The van der Waals surface area contributed by atoms with Crippen molar-refractivity contribution in [3.63, 3.8) is 0 Å². The van der Waals surface area contributed by atoms with Gasteiger partial charge >= 0.3 is 5.63 Å². The molecule has 2 aromatic heterocycles. The van der Waals surface area contributed by atoms with Crippen LogP contribution in [0.15, 0.2) is 63.9 Å². The number of benzene rings is 2. The molecule has 0 fully saturated rings. The molecule has 2 aromatic carbocycles. The maximum atomic E-state index is 14.6. The van der Waals surface area contributed by atoms with Crippen LogP contribution in [0.5, 0.6) is 11.6 Å². The Morgan fingerprint density at radius 1 is 1.10 bits per heavy atom. The van der Waals surface area contributed by atoms with Crippen molar-refractivity contribution >= 4 is 11.0 Å². The Kier molecular flexibility index (Phi) is 5.29. The summed E-state index contributed by atoms with van der Waals surface area (Å²) >= 11 is 0. The average molecular weight is 408 g/mol. The quantitative estimate of drug-likeness (QED) is 0.488. The Morgan fingerprint density at radius 2 is 1.90 bits per heavy atom. The molecule has 0 spiro atoms. The first-order valence-corrected chi connectivity index (χ1v) is 9.29. The lowest BCUT2D eigenvalue weighted by molar-refractivity contribution is 0.422. The summed E-state index contributed by atoms with van der Waals surface area (Å²) in [6.07, 6.45) is 1.50. The Hall–Kier alpha value is -3.58. The van der Waals surface area contributed by atoms with E-state index in [4.69, 9.17) is 14.9 Å². The van der Waals surface area contributed by atoms with Gasteiger partial charge in [0.25, 0.3) is 5.88 Å². The van der Waals surface area contributed by atoms with Gasteiger partial charge in [-0.2, -0.15) is 0 Å². The first-order valence-electron chi connectivity index (χ1n) is 9.29. The molecule has 0 aliphatic rings. The zero-order valence-electron chi connectivity index (χ0n) is 16.1. The standard InChI is InChI=1S/C23H18F2N2O3/c1-13-17-8-7-16(29-22-19(24)6-3-9-27-22)11-20(17)30-23(28)18(13)10-14-4-2-5-15(12-26)21(14)25/h2-9,11H,10,12,26H2,1H3. The maximum absolute atomic E-state index is 14.6. The molecule has 152 valence electrons. The van der Waals surface area contributed by atoms with Gasteiger partial charge in [0.05, 0.1) is 0 Å². The van der Waals surface area contributed by atoms with E-state index in [-0.39, 0.29) is 30.2 Å². The molecule has 0 unspecified atom stereocenters.